The Balaban J connectivity index is 2.11. The van der Waals surface area contributed by atoms with E-state index in [4.69, 9.17) is 4.74 Å². The molecule has 0 atom stereocenters. The number of aryl methyl sites for hydroxylation is 1. The van der Waals surface area contributed by atoms with E-state index in [1.807, 2.05) is 42.0 Å². The fourth-order valence-electron chi connectivity index (χ4n) is 2.33. The van der Waals surface area contributed by atoms with E-state index < -0.39 is 9.84 Å². The van der Waals surface area contributed by atoms with E-state index in [9.17, 15) is 8.42 Å². The Labute approximate surface area is 126 Å². The van der Waals surface area contributed by atoms with Crippen molar-refractivity contribution in [3.05, 3.63) is 30.5 Å². The maximum Gasteiger partial charge on any atom is 0.152 e. The van der Waals surface area contributed by atoms with Gasteiger partial charge in [-0.05, 0) is 37.1 Å². The van der Waals surface area contributed by atoms with Gasteiger partial charge in [-0.25, -0.2) is 8.42 Å². The summed E-state index contributed by atoms with van der Waals surface area (Å²) in [4.78, 5) is 0. The van der Waals surface area contributed by atoms with Gasteiger partial charge in [0.15, 0.2) is 9.84 Å². The van der Waals surface area contributed by atoms with Crippen molar-refractivity contribution in [1.82, 2.24) is 4.57 Å². The van der Waals surface area contributed by atoms with Crippen LogP contribution >= 0.6 is 0 Å². The number of hydrogen-bond acceptors (Lipinski definition) is 3. The third-order valence-corrected chi connectivity index (χ3v) is 5.21. The predicted molar refractivity (Wildman–Crippen MR) is 86.7 cm³/mol. The first-order valence-electron chi connectivity index (χ1n) is 7.48. The van der Waals surface area contributed by atoms with Crippen LogP contribution in [0.3, 0.4) is 0 Å². The molecule has 0 aliphatic carbocycles. The summed E-state index contributed by atoms with van der Waals surface area (Å²) >= 11 is 0. The van der Waals surface area contributed by atoms with Gasteiger partial charge >= 0.3 is 0 Å². The summed E-state index contributed by atoms with van der Waals surface area (Å²) < 4.78 is 31.2. The molecule has 4 nitrogen and oxygen atoms in total. The van der Waals surface area contributed by atoms with Gasteiger partial charge < -0.3 is 9.30 Å². The minimum atomic E-state index is -2.94. The third-order valence-electron chi connectivity index (χ3n) is 3.37. The third kappa shape index (κ3) is 4.24. The zero-order valence-corrected chi connectivity index (χ0v) is 13.5. The maximum atomic E-state index is 11.8. The molecule has 116 valence electrons. The highest BCUT2D eigenvalue weighted by molar-refractivity contribution is 7.91. The van der Waals surface area contributed by atoms with Crippen LogP contribution in [0.5, 0.6) is 5.75 Å². The molecule has 1 aromatic heterocycles. The minimum Gasteiger partial charge on any atom is -0.494 e. The zero-order valence-electron chi connectivity index (χ0n) is 12.7. The SMILES string of the molecule is CCCOc1ccc2c(ccn2CCS(=O)(=O)CCC)c1. The summed E-state index contributed by atoms with van der Waals surface area (Å²) in [7, 11) is -2.94. The zero-order chi connectivity index (χ0) is 15.3. The van der Waals surface area contributed by atoms with Crippen molar-refractivity contribution in [3.63, 3.8) is 0 Å². The summed E-state index contributed by atoms with van der Waals surface area (Å²) in [5.41, 5.74) is 1.05. The lowest BCUT2D eigenvalue weighted by atomic mass is 10.2. The lowest BCUT2D eigenvalue weighted by molar-refractivity contribution is 0.318. The van der Waals surface area contributed by atoms with Crippen LogP contribution in [0, 0.1) is 0 Å². The topological polar surface area (TPSA) is 48.3 Å². The molecule has 0 unspecified atom stereocenters. The molecule has 0 aliphatic heterocycles. The van der Waals surface area contributed by atoms with E-state index in [1.54, 1.807) is 0 Å². The number of benzene rings is 1. The molecule has 1 aromatic carbocycles. The molecule has 0 bridgehead atoms. The Hall–Kier alpha value is -1.49. The molecule has 0 radical (unpaired) electrons. The van der Waals surface area contributed by atoms with Crippen molar-refractivity contribution in [2.24, 2.45) is 0 Å². The second-order valence-corrected chi connectivity index (χ2v) is 7.53. The van der Waals surface area contributed by atoms with Gasteiger partial charge in [-0.3, -0.25) is 0 Å². The largest absolute Gasteiger partial charge is 0.494 e. The smallest absolute Gasteiger partial charge is 0.152 e. The Morgan fingerprint density at radius 2 is 1.90 bits per heavy atom. The summed E-state index contributed by atoms with van der Waals surface area (Å²) in [6, 6.07) is 7.93. The fraction of sp³-hybridized carbons (Fsp3) is 0.500. The van der Waals surface area contributed by atoms with E-state index in [-0.39, 0.29) is 11.5 Å². The first kappa shape index (κ1) is 15.9. The molecule has 21 heavy (non-hydrogen) atoms. The lowest BCUT2D eigenvalue weighted by Crippen LogP contribution is -2.15. The van der Waals surface area contributed by atoms with Crippen molar-refractivity contribution in [2.75, 3.05) is 18.1 Å². The number of hydrogen-bond donors (Lipinski definition) is 0. The van der Waals surface area contributed by atoms with Crippen LogP contribution in [0.15, 0.2) is 30.5 Å². The molecular weight excluding hydrogens is 286 g/mol. The second-order valence-electron chi connectivity index (χ2n) is 5.23. The van der Waals surface area contributed by atoms with Crippen LogP contribution in [-0.4, -0.2) is 31.1 Å². The van der Waals surface area contributed by atoms with Gasteiger partial charge in [-0.15, -0.1) is 0 Å². The monoisotopic (exact) mass is 309 g/mol. The molecule has 0 spiro atoms. The number of rotatable bonds is 8. The van der Waals surface area contributed by atoms with Crippen LogP contribution in [0.2, 0.25) is 0 Å². The average molecular weight is 309 g/mol. The van der Waals surface area contributed by atoms with Crippen molar-refractivity contribution < 1.29 is 13.2 Å². The summed E-state index contributed by atoms with van der Waals surface area (Å²) in [5, 5.41) is 1.08. The molecule has 2 rings (SSSR count). The number of ether oxygens (including phenoxy) is 1. The van der Waals surface area contributed by atoms with Gasteiger partial charge in [0.05, 0.1) is 12.4 Å². The molecule has 0 saturated heterocycles. The van der Waals surface area contributed by atoms with E-state index >= 15 is 0 Å². The van der Waals surface area contributed by atoms with Crippen molar-refractivity contribution in [2.45, 2.75) is 33.2 Å². The van der Waals surface area contributed by atoms with Gasteiger partial charge in [0.2, 0.25) is 0 Å². The van der Waals surface area contributed by atoms with Gasteiger partial charge in [0.1, 0.15) is 5.75 Å². The number of aromatic nitrogens is 1. The lowest BCUT2D eigenvalue weighted by Gasteiger charge is -2.08. The highest BCUT2D eigenvalue weighted by atomic mass is 32.2. The van der Waals surface area contributed by atoms with Gasteiger partial charge in [0.25, 0.3) is 0 Å². The molecule has 0 fully saturated rings. The Morgan fingerprint density at radius 3 is 2.62 bits per heavy atom. The Kier molecular flexibility index (Phi) is 5.28. The number of sulfone groups is 1. The van der Waals surface area contributed by atoms with Crippen LogP contribution < -0.4 is 4.74 Å². The number of fused-ring (bicyclic) bond motifs is 1. The van der Waals surface area contributed by atoms with E-state index in [2.05, 4.69) is 6.92 Å². The summed E-state index contributed by atoms with van der Waals surface area (Å²) in [6.45, 7) is 5.18. The molecule has 0 aliphatic rings. The molecule has 0 N–H and O–H groups in total. The highest BCUT2D eigenvalue weighted by Crippen LogP contribution is 2.22. The Morgan fingerprint density at radius 1 is 1.10 bits per heavy atom. The molecule has 2 aromatic rings. The van der Waals surface area contributed by atoms with E-state index in [0.29, 0.717) is 19.6 Å². The Bertz CT molecular complexity index is 689. The maximum absolute atomic E-state index is 11.8. The first-order valence-corrected chi connectivity index (χ1v) is 9.30. The van der Waals surface area contributed by atoms with Crippen molar-refractivity contribution in [1.29, 1.82) is 0 Å². The van der Waals surface area contributed by atoms with Crippen LogP contribution in [0.4, 0.5) is 0 Å². The van der Waals surface area contributed by atoms with E-state index in [0.717, 1.165) is 23.1 Å². The second kappa shape index (κ2) is 6.98. The predicted octanol–water partition coefficient (Wildman–Crippen LogP) is 3.25. The van der Waals surface area contributed by atoms with Crippen molar-refractivity contribution >= 4 is 20.7 Å². The van der Waals surface area contributed by atoms with Gasteiger partial charge in [-0.1, -0.05) is 13.8 Å². The fourth-order valence-corrected chi connectivity index (χ4v) is 3.63. The van der Waals surface area contributed by atoms with Crippen molar-refractivity contribution in [3.8, 4) is 5.75 Å². The van der Waals surface area contributed by atoms with Crippen LogP contribution in [0.25, 0.3) is 10.9 Å². The average Bonchev–Trinajstić information content (AvgIpc) is 2.85. The van der Waals surface area contributed by atoms with E-state index in [1.165, 1.54) is 0 Å². The quantitative estimate of drug-likeness (QED) is 0.752. The summed E-state index contributed by atoms with van der Waals surface area (Å²) in [5.74, 6) is 1.32. The molecule has 1 heterocycles. The summed E-state index contributed by atoms with van der Waals surface area (Å²) in [6.07, 6.45) is 3.59. The normalized spacial score (nSPS) is 11.9. The van der Waals surface area contributed by atoms with Crippen LogP contribution in [-0.2, 0) is 16.4 Å². The first-order chi connectivity index (χ1) is 10.1. The van der Waals surface area contributed by atoms with Gasteiger partial charge in [0, 0.05) is 29.4 Å². The molecule has 5 heteroatoms. The molecular formula is C16H23NO3S. The standard InChI is InChI=1S/C16H23NO3S/c1-3-10-20-15-5-6-16-14(13-15)7-8-17(16)9-12-21(18,19)11-4-2/h5-8,13H,3-4,9-12H2,1-2H3. The number of nitrogens with zero attached hydrogens (tertiary/aromatic N) is 1. The molecule has 0 saturated carbocycles. The minimum absolute atomic E-state index is 0.193. The van der Waals surface area contributed by atoms with Crippen LogP contribution in [0.1, 0.15) is 26.7 Å². The highest BCUT2D eigenvalue weighted by Gasteiger charge is 2.10. The molecule has 0 amide bonds. The van der Waals surface area contributed by atoms with Gasteiger partial charge in [-0.2, -0.15) is 0 Å².